The summed E-state index contributed by atoms with van der Waals surface area (Å²) in [6.45, 7) is 3.47. The standard InChI is InChI=1S/C47H76O12S/c1-3-5-7-9-11-13-15-17-19-20-22-24-26-28-30-32-34-36-43(49)58-40(38-57-47-46(52)45(51)44(50)41(59-47)39-60(53,54)55)37-56-42(48)35-33-31-29-27-25-23-21-18-16-14-12-10-8-6-4-2/h5,7,11,13,17,19,22,24,28-31,33,35,40-41,44-47,50-52H,3-4,6,8-10,12,14-16,18,20-21,23,25-27,32,34,36-39H2,1-2H3,(H,53,54,55)/b7-5+,13-11+,19-17+,24-22+,30-28+,31-29+,35-33+/t40-,41-,44-,45?,46?,47+/m1/s1. The van der Waals surface area contributed by atoms with Gasteiger partial charge in [0.2, 0.25) is 0 Å². The molecule has 0 bridgehead atoms. The van der Waals surface area contributed by atoms with Crippen LogP contribution in [0.3, 0.4) is 0 Å². The molecule has 1 rings (SSSR count). The molecule has 0 aromatic rings. The fraction of sp³-hybridized carbons (Fsp3) is 0.660. The van der Waals surface area contributed by atoms with Crippen molar-refractivity contribution in [3.8, 4) is 0 Å². The van der Waals surface area contributed by atoms with Crippen LogP contribution in [0.25, 0.3) is 0 Å². The molecule has 12 nitrogen and oxygen atoms in total. The first-order chi connectivity index (χ1) is 29.0. The van der Waals surface area contributed by atoms with Crippen molar-refractivity contribution in [1.82, 2.24) is 0 Å². The molecule has 2 unspecified atom stereocenters. The van der Waals surface area contributed by atoms with E-state index in [0.717, 1.165) is 44.9 Å². The van der Waals surface area contributed by atoms with Crippen molar-refractivity contribution in [2.45, 2.75) is 179 Å². The summed E-state index contributed by atoms with van der Waals surface area (Å²) in [5.41, 5.74) is 0. The van der Waals surface area contributed by atoms with Crippen LogP contribution in [0, 0.1) is 0 Å². The van der Waals surface area contributed by atoms with Crippen LogP contribution < -0.4 is 0 Å². The Morgan fingerprint density at radius 2 is 1.17 bits per heavy atom. The van der Waals surface area contributed by atoms with Crippen LogP contribution in [-0.2, 0) is 38.7 Å². The molecule has 60 heavy (non-hydrogen) atoms. The van der Waals surface area contributed by atoms with Gasteiger partial charge in [0, 0.05) is 12.5 Å². The lowest BCUT2D eigenvalue weighted by Gasteiger charge is -2.40. The Morgan fingerprint density at radius 3 is 1.73 bits per heavy atom. The average molecular weight is 865 g/mol. The second-order valence-electron chi connectivity index (χ2n) is 15.1. The molecule has 0 amide bonds. The van der Waals surface area contributed by atoms with Crippen molar-refractivity contribution in [3.63, 3.8) is 0 Å². The predicted molar refractivity (Wildman–Crippen MR) is 238 cm³/mol. The van der Waals surface area contributed by atoms with Crippen molar-refractivity contribution in [2.24, 2.45) is 0 Å². The fourth-order valence-corrected chi connectivity index (χ4v) is 6.84. The van der Waals surface area contributed by atoms with E-state index in [1.165, 1.54) is 70.3 Å². The number of unbranched alkanes of at least 4 members (excludes halogenated alkanes) is 12. The third-order valence-electron chi connectivity index (χ3n) is 9.56. The highest BCUT2D eigenvalue weighted by Gasteiger charge is 2.46. The van der Waals surface area contributed by atoms with Crippen LogP contribution in [0.5, 0.6) is 0 Å². The summed E-state index contributed by atoms with van der Waals surface area (Å²) < 4.78 is 53.8. The zero-order valence-corrected chi connectivity index (χ0v) is 37.1. The summed E-state index contributed by atoms with van der Waals surface area (Å²) >= 11 is 0. The lowest BCUT2D eigenvalue weighted by molar-refractivity contribution is -0.297. The van der Waals surface area contributed by atoms with E-state index in [0.29, 0.717) is 12.8 Å². The molecule has 1 aliphatic heterocycles. The zero-order valence-electron chi connectivity index (χ0n) is 36.3. The number of ether oxygens (including phenoxy) is 4. The summed E-state index contributed by atoms with van der Waals surface area (Å²) in [6, 6.07) is 0. The number of rotatable bonds is 35. The van der Waals surface area contributed by atoms with Crippen LogP contribution in [0.4, 0.5) is 0 Å². The van der Waals surface area contributed by atoms with Gasteiger partial charge in [-0.2, -0.15) is 8.42 Å². The molecule has 0 aliphatic carbocycles. The molecule has 1 aliphatic rings. The Bertz CT molecular complexity index is 1430. The highest BCUT2D eigenvalue weighted by atomic mass is 32.2. The van der Waals surface area contributed by atoms with Gasteiger partial charge < -0.3 is 34.3 Å². The van der Waals surface area contributed by atoms with Gasteiger partial charge in [0.15, 0.2) is 12.4 Å². The molecule has 1 heterocycles. The number of carbonyl (C=O) groups is 2. The monoisotopic (exact) mass is 865 g/mol. The number of hydrogen-bond acceptors (Lipinski definition) is 11. The van der Waals surface area contributed by atoms with Crippen LogP contribution in [-0.4, -0.2) is 96.0 Å². The maximum Gasteiger partial charge on any atom is 0.330 e. The maximum atomic E-state index is 12.8. The summed E-state index contributed by atoms with van der Waals surface area (Å²) in [5, 5.41) is 30.8. The molecular formula is C47H76O12S. The van der Waals surface area contributed by atoms with E-state index in [-0.39, 0.29) is 6.42 Å². The smallest absolute Gasteiger partial charge is 0.330 e. The van der Waals surface area contributed by atoms with Crippen LogP contribution in [0.2, 0.25) is 0 Å². The van der Waals surface area contributed by atoms with E-state index in [1.54, 1.807) is 12.2 Å². The summed E-state index contributed by atoms with van der Waals surface area (Å²) in [6.07, 6.45) is 38.4. The normalized spacial score (nSPS) is 20.9. The molecule has 0 aromatic heterocycles. The Kier molecular flexibility index (Phi) is 33.3. The van der Waals surface area contributed by atoms with E-state index < -0.39 is 77.8 Å². The third-order valence-corrected chi connectivity index (χ3v) is 10.3. The highest BCUT2D eigenvalue weighted by molar-refractivity contribution is 7.85. The minimum atomic E-state index is -4.62. The molecule has 0 radical (unpaired) electrons. The van der Waals surface area contributed by atoms with Crippen molar-refractivity contribution in [3.05, 3.63) is 85.1 Å². The van der Waals surface area contributed by atoms with Crippen molar-refractivity contribution in [1.29, 1.82) is 0 Å². The van der Waals surface area contributed by atoms with E-state index in [4.69, 9.17) is 18.9 Å². The van der Waals surface area contributed by atoms with E-state index in [9.17, 15) is 37.9 Å². The van der Waals surface area contributed by atoms with Crippen LogP contribution in [0.15, 0.2) is 85.1 Å². The first kappa shape index (κ1) is 54.8. The summed E-state index contributed by atoms with van der Waals surface area (Å²) in [4.78, 5) is 25.2. The highest BCUT2D eigenvalue weighted by Crippen LogP contribution is 2.24. The number of aliphatic hydroxyl groups is 3. The predicted octanol–water partition coefficient (Wildman–Crippen LogP) is 8.89. The summed E-state index contributed by atoms with van der Waals surface area (Å²) in [7, 11) is -4.62. The molecule has 0 aromatic carbocycles. The number of aliphatic hydroxyl groups excluding tert-OH is 3. The molecule has 0 spiro atoms. The van der Waals surface area contributed by atoms with Crippen molar-refractivity contribution < 1.29 is 56.8 Å². The fourth-order valence-electron chi connectivity index (χ4n) is 6.15. The van der Waals surface area contributed by atoms with Crippen molar-refractivity contribution >= 4 is 22.1 Å². The second kappa shape index (κ2) is 36.5. The maximum absolute atomic E-state index is 12.8. The molecular weight excluding hydrogens is 789 g/mol. The Labute approximate surface area is 360 Å². The Balaban J connectivity index is 2.56. The van der Waals surface area contributed by atoms with Gasteiger partial charge >= 0.3 is 11.9 Å². The SMILES string of the molecule is CC/C=C/C/C=C/C/C=C/C/C=C/C/C=C/CCCC(=O)O[C@H](COC(=O)/C=C/C=C/CCCCCCCCCCCCC)CO[C@H]1O[C@H](CS(=O)(=O)O)[C@@H](O)C(O)C1O. The number of esters is 2. The number of hydrogen-bond donors (Lipinski definition) is 4. The second-order valence-corrected chi connectivity index (χ2v) is 16.5. The van der Waals surface area contributed by atoms with Gasteiger partial charge in [0.05, 0.1) is 6.61 Å². The zero-order chi connectivity index (χ0) is 44.1. The molecule has 0 saturated carbocycles. The van der Waals surface area contributed by atoms with Gasteiger partial charge in [-0.3, -0.25) is 9.35 Å². The molecule has 13 heteroatoms. The minimum Gasteiger partial charge on any atom is -0.458 e. The molecule has 4 N–H and O–H groups in total. The van der Waals surface area contributed by atoms with Crippen molar-refractivity contribution in [2.75, 3.05) is 19.0 Å². The van der Waals surface area contributed by atoms with Gasteiger partial charge in [-0.1, -0.05) is 157 Å². The summed E-state index contributed by atoms with van der Waals surface area (Å²) in [5.74, 6) is -2.33. The molecule has 6 atom stereocenters. The van der Waals surface area contributed by atoms with Gasteiger partial charge in [-0.15, -0.1) is 0 Å². The quantitative estimate of drug-likeness (QED) is 0.0119. The van der Waals surface area contributed by atoms with Gasteiger partial charge in [-0.25, -0.2) is 4.79 Å². The molecule has 1 saturated heterocycles. The third kappa shape index (κ3) is 30.8. The van der Waals surface area contributed by atoms with E-state index in [2.05, 4.69) is 62.5 Å². The number of carbonyl (C=O) groups excluding carboxylic acids is 2. The van der Waals surface area contributed by atoms with Gasteiger partial charge in [0.1, 0.15) is 36.8 Å². The average Bonchev–Trinajstić information content (AvgIpc) is 3.21. The van der Waals surface area contributed by atoms with Gasteiger partial charge in [0.25, 0.3) is 10.1 Å². The Morgan fingerprint density at radius 1 is 0.633 bits per heavy atom. The lowest BCUT2D eigenvalue weighted by Crippen LogP contribution is -2.60. The van der Waals surface area contributed by atoms with Crippen LogP contribution in [0.1, 0.15) is 142 Å². The lowest BCUT2D eigenvalue weighted by atomic mass is 10.00. The van der Waals surface area contributed by atoms with Gasteiger partial charge in [-0.05, 0) is 57.8 Å². The molecule has 342 valence electrons. The van der Waals surface area contributed by atoms with E-state index >= 15 is 0 Å². The van der Waals surface area contributed by atoms with E-state index in [1.807, 2.05) is 18.2 Å². The topological polar surface area (TPSA) is 186 Å². The van der Waals surface area contributed by atoms with Crippen LogP contribution >= 0.6 is 0 Å². The largest absolute Gasteiger partial charge is 0.458 e. The first-order valence-corrected chi connectivity index (χ1v) is 23.8. The molecule has 1 fully saturated rings. The first-order valence-electron chi connectivity index (χ1n) is 22.2. The number of allylic oxidation sites excluding steroid dienone is 13. The Hall–Kier alpha value is -3.17. The minimum absolute atomic E-state index is 0.0620.